The predicted octanol–water partition coefficient (Wildman–Crippen LogP) is 2.35. The molecule has 0 bridgehead atoms. The van der Waals surface area contributed by atoms with Gasteiger partial charge >= 0.3 is 5.97 Å². The summed E-state index contributed by atoms with van der Waals surface area (Å²) < 4.78 is 16.2. The minimum absolute atomic E-state index is 0.0631. The Morgan fingerprint density at radius 2 is 1.92 bits per heavy atom. The van der Waals surface area contributed by atoms with Crippen LogP contribution in [0, 0.1) is 11.8 Å². The van der Waals surface area contributed by atoms with Crippen LogP contribution in [0.25, 0.3) is 0 Å². The van der Waals surface area contributed by atoms with E-state index in [1.165, 1.54) is 0 Å². The lowest BCUT2D eigenvalue weighted by atomic mass is 9.74. The maximum absolute atomic E-state index is 12.6. The molecule has 2 heterocycles. The third-order valence-electron chi connectivity index (χ3n) is 5.25. The minimum atomic E-state index is -0.366. The Bertz CT molecular complexity index is 687. The van der Waals surface area contributed by atoms with Gasteiger partial charge in [-0.3, -0.25) is 9.59 Å². The van der Waals surface area contributed by atoms with Gasteiger partial charge in [0.05, 0.1) is 32.8 Å². The summed E-state index contributed by atoms with van der Waals surface area (Å²) in [5, 5.41) is 0. The number of ether oxygens (including phenoxy) is 3. The molecule has 0 aliphatic carbocycles. The maximum Gasteiger partial charge on any atom is 0.311 e. The lowest BCUT2D eigenvalue weighted by molar-refractivity contribution is -0.161. The van der Waals surface area contributed by atoms with Crippen LogP contribution in [-0.4, -0.2) is 44.1 Å². The first-order chi connectivity index (χ1) is 12.0. The van der Waals surface area contributed by atoms with E-state index >= 15 is 0 Å². The van der Waals surface area contributed by atoms with Crippen molar-refractivity contribution in [2.45, 2.75) is 32.7 Å². The molecule has 2 aliphatic rings. The van der Waals surface area contributed by atoms with E-state index in [4.69, 9.17) is 14.2 Å². The van der Waals surface area contributed by atoms with Gasteiger partial charge in [0.1, 0.15) is 0 Å². The van der Waals surface area contributed by atoms with Gasteiger partial charge in [0.15, 0.2) is 11.5 Å². The molecule has 1 fully saturated rings. The van der Waals surface area contributed by atoms with Crippen LogP contribution in [0.1, 0.15) is 37.4 Å². The largest absolute Gasteiger partial charge is 0.493 e. The van der Waals surface area contributed by atoms with Crippen LogP contribution in [0.3, 0.4) is 0 Å². The molecule has 0 radical (unpaired) electrons. The maximum atomic E-state index is 12.6. The van der Waals surface area contributed by atoms with E-state index in [2.05, 4.69) is 0 Å². The zero-order chi connectivity index (χ0) is 18.1. The first-order valence-electron chi connectivity index (χ1n) is 8.72. The van der Waals surface area contributed by atoms with Crippen LogP contribution < -0.4 is 9.47 Å². The van der Waals surface area contributed by atoms with Crippen molar-refractivity contribution in [3.8, 4) is 11.5 Å². The molecule has 0 aromatic heterocycles. The number of amides is 1. The van der Waals surface area contributed by atoms with Crippen LogP contribution in [0.4, 0.5) is 0 Å². The predicted molar refractivity (Wildman–Crippen MR) is 91.6 cm³/mol. The van der Waals surface area contributed by atoms with Crippen molar-refractivity contribution in [1.82, 2.24) is 4.90 Å². The number of piperidine rings is 1. The highest BCUT2D eigenvalue weighted by atomic mass is 16.5. The number of esters is 1. The number of rotatable bonds is 4. The van der Waals surface area contributed by atoms with Crippen molar-refractivity contribution in [2.75, 3.05) is 27.4 Å². The fraction of sp³-hybridized carbons (Fsp3) is 0.579. The summed E-state index contributed by atoms with van der Waals surface area (Å²) in [6.45, 7) is 4.69. The van der Waals surface area contributed by atoms with Crippen molar-refractivity contribution >= 4 is 11.9 Å². The highest BCUT2D eigenvalue weighted by molar-refractivity contribution is 5.83. The summed E-state index contributed by atoms with van der Waals surface area (Å²) in [5.74, 6) is 0.703. The van der Waals surface area contributed by atoms with Crippen LogP contribution in [0.2, 0.25) is 0 Å². The lowest BCUT2D eigenvalue weighted by Gasteiger charge is -2.46. The zero-order valence-electron chi connectivity index (χ0n) is 15.2. The highest BCUT2D eigenvalue weighted by Gasteiger charge is 2.47. The molecule has 1 saturated heterocycles. The smallest absolute Gasteiger partial charge is 0.311 e. The SMILES string of the molecule is CCOC(=O)[C@@H]1[C@H]2c3cc(OC)c(OC)cc3CCN2C(=O)C[C@@H]1C. The minimum Gasteiger partial charge on any atom is -0.493 e. The number of nitrogens with zero attached hydrogens (tertiary/aromatic N) is 1. The topological polar surface area (TPSA) is 65.1 Å². The molecule has 25 heavy (non-hydrogen) atoms. The van der Waals surface area contributed by atoms with E-state index < -0.39 is 0 Å². The molecule has 0 saturated carbocycles. The molecular weight excluding hydrogens is 322 g/mol. The van der Waals surface area contributed by atoms with E-state index in [0.29, 0.717) is 31.1 Å². The molecule has 1 aromatic rings. The Labute approximate surface area is 148 Å². The van der Waals surface area contributed by atoms with Gasteiger partial charge in [-0.05, 0) is 42.5 Å². The van der Waals surface area contributed by atoms with Gasteiger partial charge in [-0.1, -0.05) is 6.92 Å². The normalized spacial score (nSPS) is 25.0. The first kappa shape index (κ1) is 17.6. The molecule has 136 valence electrons. The molecule has 0 unspecified atom stereocenters. The molecule has 1 amide bonds. The molecule has 3 rings (SSSR count). The average Bonchev–Trinajstić information content (AvgIpc) is 2.60. The quantitative estimate of drug-likeness (QED) is 0.782. The van der Waals surface area contributed by atoms with E-state index in [0.717, 1.165) is 17.5 Å². The molecule has 3 atom stereocenters. The van der Waals surface area contributed by atoms with Gasteiger partial charge in [0, 0.05) is 13.0 Å². The van der Waals surface area contributed by atoms with Crippen molar-refractivity contribution in [1.29, 1.82) is 0 Å². The zero-order valence-corrected chi connectivity index (χ0v) is 15.2. The summed E-state index contributed by atoms with van der Waals surface area (Å²) in [6, 6.07) is 3.55. The number of benzene rings is 1. The lowest BCUT2D eigenvalue weighted by Crippen LogP contribution is -2.51. The summed E-state index contributed by atoms with van der Waals surface area (Å²) >= 11 is 0. The van der Waals surface area contributed by atoms with Crippen molar-refractivity contribution in [3.05, 3.63) is 23.3 Å². The second kappa shape index (κ2) is 6.94. The van der Waals surface area contributed by atoms with Crippen LogP contribution >= 0.6 is 0 Å². The number of carbonyl (C=O) groups excluding carboxylic acids is 2. The third-order valence-corrected chi connectivity index (χ3v) is 5.25. The Kier molecular flexibility index (Phi) is 4.88. The molecule has 6 nitrogen and oxygen atoms in total. The first-order valence-corrected chi connectivity index (χ1v) is 8.72. The molecule has 0 spiro atoms. The van der Waals surface area contributed by atoms with Crippen molar-refractivity contribution in [2.24, 2.45) is 11.8 Å². The number of fused-ring (bicyclic) bond motifs is 3. The van der Waals surface area contributed by atoms with Crippen molar-refractivity contribution in [3.63, 3.8) is 0 Å². The number of methoxy groups -OCH3 is 2. The van der Waals surface area contributed by atoms with Gasteiger partial charge in [-0.15, -0.1) is 0 Å². The van der Waals surface area contributed by atoms with Gasteiger partial charge < -0.3 is 19.1 Å². The standard InChI is InChI=1S/C19H25NO5/c1-5-25-19(22)17-11(2)8-16(21)20-7-6-12-9-14(23-3)15(24-4)10-13(12)18(17)20/h9-11,17-18H,5-8H2,1-4H3/t11-,17-,18+/m0/s1. The number of carbonyl (C=O) groups is 2. The monoisotopic (exact) mass is 347 g/mol. The fourth-order valence-electron chi connectivity index (χ4n) is 4.07. The van der Waals surface area contributed by atoms with Gasteiger partial charge in [0.25, 0.3) is 0 Å². The molecule has 6 heteroatoms. The highest BCUT2D eigenvalue weighted by Crippen LogP contribution is 2.46. The van der Waals surface area contributed by atoms with E-state index in [-0.39, 0.29) is 29.8 Å². The Balaban J connectivity index is 2.10. The van der Waals surface area contributed by atoms with Crippen LogP contribution in [-0.2, 0) is 20.7 Å². The Hall–Kier alpha value is -2.24. The van der Waals surface area contributed by atoms with Crippen molar-refractivity contribution < 1.29 is 23.8 Å². The molecule has 2 aliphatic heterocycles. The second-order valence-electron chi connectivity index (χ2n) is 6.65. The summed E-state index contributed by atoms with van der Waals surface area (Å²) in [6.07, 6.45) is 1.12. The molecular formula is C19H25NO5. The average molecular weight is 347 g/mol. The summed E-state index contributed by atoms with van der Waals surface area (Å²) in [5.41, 5.74) is 2.05. The number of hydrogen-bond acceptors (Lipinski definition) is 5. The van der Waals surface area contributed by atoms with Gasteiger partial charge in [-0.2, -0.15) is 0 Å². The third kappa shape index (κ3) is 2.94. The number of hydrogen-bond donors (Lipinski definition) is 0. The second-order valence-corrected chi connectivity index (χ2v) is 6.65. The van der Waals surface area contributed by atoms with Gasteiger partial charge in [-0.25, -0.2) is 0 Å². The summed E-state index contributed by atoms with van der Waals surface area (Å²) in [7, 11) is 3.19. The molecule has 0 N–H and O–H groups in total. The summed E-state index contributed by atoms with van der Waals surface area (Å²) in [4.78, 5) is 27.0. The van der Waals surface area contributed by atoms with Crippen LogP contribution in [0.15, 0.2) is 12.1 Å². The van der Waals surface area contributed by atoms with E-state index in [1.807, 2.05) is 24.0 Å². The van der Waals surface area contributed by atoms with Gasteiger partial charge in [0.2, 0.25) is 5.91 Å². The Morgan fingerprint density at radius 3 is 2.56 bits per heavy atom. The molecule has 1 aromatic carbocycles. The fourth-order valence-corrected chi connectivity index (χ4v) is 4.07. The van der Waals surface area contributed by atoms with E-state index in [1.54, 1.807) is 21.1 Å². The van der Waals surface area contributed by atoms with Crippen LogP contribution in [0.5, 0.6) is 11.5 Å². The van der Waals surface area contributed by atoms with E-state index in [9.17, 15) is 9.59 Å². The Morgan fingerprint density at radius 1 is 1.24 bits per heavy atom.